The van der Waals surface area contributed by atoms with Gasteiger partial charge in [0.15, 0.2) is 28.9 Å². The first-order valence-electron chi connectivity index (χ1n) is 11.3. The van der Waals surface area contributed by atoms with E-state index in [1.807, 2.05) is 0 Å². The number of aliphatic hydroxyl groups is 1. The Morgan fingerprint density at radius 3 is 2.77 bits per heavy atom. The summed E-state index contributed by atoms with van der Waals surface area (Å²) in [5.74, 6) is -2.88. The number of halogens is 4. The number of carbonyl (C=O) groups excluding carboxylic acids is 2. The number of hydrogen-bond donors (Lipinski definition) is 3. The third kappa shape index (κ3) is 4.74. The lowest BCUT2D eigenvalue weighted by Crippen LogP contribution is -2.61. The topological polar surface area (TPSA) is 162 Å². The van der Waals surface area contributed by atoms with Gasteiger partial charge in [0.25, 0.3) is 11.8 Å². The molecule has 204 valence electrons. The monoisotopic (exact) mass is 549 g/mol. The van der Waals surface area contributed by atoms with Gasteiger partial charge in [0.05, 0.1) is 18.8 Å². The molecular formula is C23H19F4N7O5. The molecule has 4 heterocycles. The average molecular weight is 549 g/mol. The molecule has 4 N–H and O–H groups in total. The van der Waals surface area contributed by atoms with Crippen molar-refractivity contribution in [3.05, 3.63) is 54.2 Å². The van der Waals surface area contributed by atoms with Gasteiger partial charge in [-0.3, -0.25) is 19.5 Å². The molecule has 0 radical (unpaired) electrons. The number of nitrogens with two attached hydrogens (primary N) is 1. The summed E-state index contributed by atoms with van der Waals surface area (Å²) in [5, 5.41) is 20.9. The van der Waals surface area contributed by atoms with Crippen LogP contribution < -0.4 is 16.0 Å². The maximum absolute atomic E-state index is 14.4. The van der Waals surface area contributed by atoms with Gasteiger partial charge in [-0.05, 0) is 25.1 Å². The molecule has 39 heavy (non-hydrogen) atoms. The van der Waals surface area contributed by atoms with Gasteiger partial charge in [0.1, 0.15) is 16.9 Å². The van der Waals surface area contributed by atoms with Crippen molar-refractivity contribution in [3.8, 4) is 5.69 Å². The van der Waals surface area contributed by atoms with Gasteiger partial charge in [0.2, 0.25) is 0 Å². The Balaban J connectivity index is 1.35. The normalized spacial score (nSPS) is 17.8. The number of alkyl halides is 3. The van der Waals surface area contributed by atoms with Crippen LogP contribution in [0.2, 0.25) is 0 Å². The first kappa shape index (κ1) is 26.1. The molecule has 1 aliphatic heterocycles. The maximum atomic E-state index is 14.4. The van der Waals surface area contributed by atoms with E-state index in [1.54, 1.807) is 0 Å². The zero-order valence-electron chi connectivity index (χ0n) is 19.9. The van der Waals surface area contributed by atoms with E-state index in [-0.39, 0.29) is 47.1 Å². The number of morpholine rings is 1. The highest BCUT2D eigenvalue weighted by Crippen LogP contribution is 2.31. The van der Waals surface area contributed by atoms with E-state index < -0.39 is 41.2 Å². The van der Waals surface area contributed by atoms with E-state index in [2.05, 4.69) is 20.6 Å². The molecule has 12 nitrogen and oxygen atoms in total. The number of nitrogen functional groups attached to an aromatic ring is 1. The quantitative estimate of drug-likeness (QED) is 0.317. The highest BCUT2D eigenvalue weighted by atomic mass is 19.4. The molecule has 1 aliphatic rings. The Morgan fingerprint density at radius 1 is 1.26 bits per heavy atom. The predicted octanol–water partition coefficient (Wildman–Crippen LogP) is 2.27. The first-order chi connectivity index (χ1) is 18.4. The zero-order valence-corrected chi connectivity index (χ0v) is 19.9. The third-order valence-corrected chi connectivity index (χ3v) is 6.02. The van der Waals surface area contributed by atoms with E-state index in [4.69, 9.17) is 15.0 Å². The zero-order chi connectivity index (χ0) is 28.1. The fraction of sp³-hybridized carbons (Fsp3) is 0.261. The lowest BCUT2D eigenvalue weighted by atomic mass is 9.95. The molecule has 2 atom stereocenters. The number of rotatable bonds is 5. The van der Waals surface area contributed by atoms with Crippen molar-refractivity contribution < 1.29 is 41.5 Å². The van der Waals surface area contributed by atoms with Crippen molar-refractivity contribution >= 4 is 40.1 Å². The summed E-state index contributed by atoms with van der Waals surface area (Å²) in [6, 6.07) is 5.66. The van der Waals surface area contributed by atoms with Crippen LogP contribution in [-0.4, -0.2) is 61.7 Å². The molecule has 5 rings (SSSR count). The highest BCUT2D eigenvalue weighted by Gasteiger charge is 2.49. The van der Waals surface area contributed by atoms with Gasteiger partial charge in [-0.2, -0.15) is 13.2 Å². The second-order valence-corrected chi connectivity index (χ2v) is 8.76. The minimum absolute atomic E-state index is 0.0109. The van der Waals surface area contributed by atoms with Crippen molar-refractivity contribution in [3.63, 3.8) is 0 Å². The molecule has 2 amide bonds. The number of nitrogens with one attached hydrogen (secondary N) is 1. The summed E-state index contributed by atoms with van der Waals surface area (Å²) in [7, 11) is 0. The van der Waals surface area contributed by atoms with Crippen LogP contribution in [0.5, 0.6) is 0 Å². The second-order valence-electron chi connectivity index (χ2n) is 8.76. The first-order valence-corrected chi connectivity index (χ1v) is 11.3. The van der Waals surface area contributed by atoms with Crippen LogP contribution in [0.25, 0.3) is 16.7 Å². The van der Waals surface area contributed by atoms with E-state index in [0.29, 0.717) is 0 Å². The number of amides is 2. The van der Waals surface area contributed by atoms with E-state index in [0.717, 1.165) is 34.8 Å². The van der Waals surface area contributed by atoms with Gasteiger partial charge in [0, 0.05) is 30.2 Å². The molecule has 1 fully saturated rings. The molecule has 0 saturated carbocycles. The molecule has 1 saturated heterocycles. The highest BCUT2D eigenvalue weighted by molar-refractivity contribution is 6.06. The van der Waals surface area contributed by atoms with Crippen molar-refractivity contribution in [2.24, 2.45) is 0 Å². The number of anilines is 3. The summed E-state index contributed by atoms with van der Waals surface area (Å²) in [6.45, 7) is 0.936. The van der Waals surface area contributed by atoms with Crippen LogP contribution in [0.3, 0.4) is 0 Å². The third-order valence-electron chi connectivity index (χ3n) is 6.02. The SMILES string of the molecule is CC(O)(C(=O)Nc1cc(F)c2c(N)noc2c1)[C@H]1OCCN(c2ccn(-c3ccnc(C(F)(F)F)c3)n2)C1=O. The lowest BCUT2D eigenvalue weighted by Gasteiger charge is -2.37. The molecule has 0 bridgehead atoms. The molecule has 1 aromatic carbocycles. The summed E-state index contributed by atoms with van der Waals surface area (Å²) < 4.78 is 64.9. The van der Waals surface area contributed by atoms with Gasteiger partial charge in [-0.1, -0.05) is 5.16 Å². The summed E-state index contributed by atoms with van der Waals surface area (Å²) in [6.07, 6.45) is -4.03. The maximum Gasteiger partial charge on any atom is 0.433 e. The van der Waals surface area contributed by atoms with Crippen LogP contribution in [0.1, 0.15) is 12.6 Å². The number of fused-ring (bicyclic) bond motifs is 1. The molecule has 4 aromatic rings. The van der Waals surface area contributed by atoms with Gasteiger partial charge < -0.3 is 25.4 Å². The number of ether oxygens (including phenoxy) is 1. The number of hydrogen-bond acceptors (Lipinski definition) is 9. The van der Waals surface area contributed by atoms with Gasteiger partial charge >= 0.3 is 6.18 Å². The molecule has 16 heteroatoms. The summed E-state index contributed by atoms with van der Waals surface area (Å²) >= 11 is 0. The number of pyridine rings is 1. The molecule has 0 aliphatic carbocycles. The average Bonchev–Trinajstić information content (AvgIpc) is 3.51. The number of carbonyl (C=O) groups is 2. The van der Waals surface area contributed by atoms with E-state index >= 15 is 0 Å². The van der Waals surface area contributed by atoms with E-state index in [1.165, 1.54) is 24.4 Å². The Labute approximate surface area is 215 Å². The standard InChI is InChI=1S/C23H19F4N7O5/c1-22(37,21(36)30-11-8-13(24)17-14(9-11)39-32-19(17)28)18-20(35)33(6-7-38-18)16-3-5-34(31-16)12-2-4-29-15(10-12)23(25,26)27/h2-5,8-10,18,37H,6-7H2,1H3,(H2,28,32)(H,30,36)/t18-,22?/m0/s1. The fourth-order valence-corrected chi connectivity index (χ4v) is 4.03. The molecule has 3 aromatic heterocycles. The minimum Gasteiger partial charge on any atom is -0.380 e. The largest absolute Gasteiger partial charge is 0.433 e. The van der Waals surface area contributed by atoms with Crippen LogP contribution >= 0.6 is 0 Å². The van der Waals surface area contributed by atoms with Crippen molar-refractivity contribution in [1.29, 1.82) is 0 Å². The van der Waals surface area contributed by atoms with Crippen LogP contribution in [0, 0.1) is 5.82 Å². The minimum atomic E-state index is -4.66. The smallest absolute Gasteiger partial charge is 0.380 e. The molecule has 0 spiro atoms. The van der Waals surface area contributed by atoms with Crippen molar-refractivity contribution in [2.75, 3.05) is 29.1 Å². The van der Waals surface area contributed by atoms with Crippen LogP contribution in [0.15, 0.2) is 47.2 Å². The summed E-state index contributed by atoms with van der Waals surface area (Å²) in [4.78, 5) is 30.6. The van der Waals surface area contributed by atoms with E-state index in [9.17, 15) is 32.3 Å². The predicted molar refractivity (Wildman–Crippen MR) is 126 cm³/mol. The second kappa shape index (κ2) is 9.32. The van der Waals surface area contributed by atoms with Gasteiger partial charge in [-0.15, -0.1) is 5.10 Å². The molecular weight excluding hydrogens is 530 g/mol. The fourth-order valence-electron chi connectivity index (χ4n) is 4.03. The number of benzene rings is 1. The molecule has 1 unspecified atom stereocenters. The van der Waals surface area contributed by atoms with Crippen molar-refractivity contribution in [2.45, 2.75) is 24.8 Å². The Bertz CT molecular complexity index is 1580. The Hall–Kier alpha value is -4.57. The summed E-state index contributed by atoms with van der Waals surface area (Å²) in [5.41, 5.74) is 1.89. The van der Waals surface area contributed by atoms with Gasteiger partial charge in [-0.25, -0.2) is 9.07 Å². The lowest BCUT2D eigenvalue weighted by molar-refractivity contribution is -0.165. The number of nitrogens with zero attached hydrogens (tertiary/aromatic N) is 5. The van der Waals surface area contributed by atoms with Crippen LogP contribution in [0.4, 0.5) is 34.9 Å². The Kier molecular flexibility index (Phi) is 6.22. The number of aromatic nitrogens is 4. The van der Waals surface area contributed by atoms with Crippen LogP contribution in [-0.2, 0) is 20.5 Å². The van der Waals surface area contributed by atoms with Crippen molar-refractivity contribution in [1.82, 2.24) is 19.9 Å². The Morgan fingerprint density at radius 2 is 2.03 bits per heavy atom.